The van der Waals surface area contributed by atoms with E-state index in [9.17, 15) is 8.78 Å². The average Bonchev–Trinajstić information content (AvgIpc) is 2.37. The highest BCUT2D eigenvalue weighted by Gasteiger charge is 2.14. The van der Waals surface area contributed by atoms with E-state index in [4.69, 9.17) is 0 Å². The Labute approximate surface area is 112 Å². The van der Waals surface area contributed by atoms with Crippen LogP contribution in [0.2, 0.25) is 0 Å². The molecule has 1 nitrogen and oxygen atoms in total. The number of nitrogens with one attached hydrogen (secondary N) is 1. The predicted octanol–water partition coefficient (Wildman–Crippen LogP) is 4.75. The van der Waals surface area contributed by atoms with Gasteiger partial charge in [0.2, 0.25) is 0 Å². The van der Waals surface area contributed by atoms with Crippen LogP contribution in [0.4, 0.5) is 14.5 Å². The first-order chi connectivity index (χ1) is 8.99. The third-order valence-electron chi connectivity index (χ3n) is 3.22. The van der Waals surface area contributed by atoms with Crippen molar-refractivity contribution in [2.45, 2.75) is 26.8 Å². The Morgan fingerprint density at radius 3 is 2.26 bits per heavy atom. The fraction of sp³-hybridized carbons (Fsp3) is 0.250. The lowest BCUT2D eigenvalue weighted by molar-refractivity contribution is 0.584. The summed E-state index contributed by atoms with van der Waals surface area (Å²) in [6.07, 6.45) is 0. The summed E-state index contributed by atoms with van der Waals surface area (Å²) in [6.45, 7) is 5.89. The van der Waals surface area contributed by atoms with E-state index in [1.807, 2.05) is 39.0 Å². The van der Waals surface area contributed by atoms with Crippen molar-refractivity contribution in [2.75, 3.05) is 5.32 Å². The van der Waals surface area contributed by atoms with Crippen LogP contribution in [-0.4, -0.2) is 0 Å². The number of para-hydroxylation sites is 1. The van der Waals surface area contributed by atoms with Gasteiger partial charge in [-0.1, -0.05) is 29.8 Å². The van der Waals surface area contributed by atoms with Crippen LogP contribution in [-0.2, 0) is 0 Å². The van der Waals surface area contributed by atoms with Gasteiger partial charge in [-0.25, -0.2) is 8.78 Å². The maximum absolute atomic E-state index is 13.6. The van der Waals surface area contributed by atoms with Gasteiger partial charge in [-0.2, -0.15) is 0 Å². The van der Waals surface area contributed by atoms with Crippen LogP contribution in [0.15, 0.2) is 36.4 Å². The third kappa shape index (κ3) is 2.92. The lowest BCUT2D eigenvalue weighted by atomic mass is 10.00. The first-order valence-corrected chi connectivity index (χ1v) is 6.26. The number of hydrogen-bond donors (Lipinski definition) is 1. The highest BCUT2D eigenvalue weighted by Crippen LogP contribution is 2.26. The summed E-state index contributed by atoms with van der Waals surface area (Å²) in [5.41, 5.74) is 3.20. The van der Waals surface area contributed by atoms with E-state index in [0.717, 1.165) is 16.7 Å². The van der Waals surface area contributed by atoms with Crippen LogP contribution < -0.4 is 5.32 Å². The van der Waals surface area contributed by atoms with Crippen molar-refractivity contribution in [3.8, 4) is 0 Å². The summed E-state index contributed by atoms with van der Waals surface area (Å²) < 4.78 is 27.2. The van der Waals surface area contributed by atoms with E-state index in [1.165, 1.54) is 18.2 Å². The van der Waals surface area contributed by atoms with Crippen LogP contribution in [0.1, 0.15) is 29.7 Å². The van der Waals surface area contributed by atoms with Gasteiger partial charge in [0, 0.05) is 6.04 Å². The topological polar surface area (TPSA) is 12.0 Å². The maximum Gasteiger partial charge on any atom is 0.149 e. The van der Waals surface area contributed by atoms with Crippen molar-refractivity contribution < 1.29 is 8.78 Å². The molecule has 0 aliphatic carbocycles. The zero-order chi connectivity index (χ0) is 14.0. The van der Waals surface area contributed by atoms with Gasteiger partial charge in [-0.15, -0.1) is 0 Å². The summed E-state index contributed by atoms with van der Waals surface area (Å²) in [7, 11) is 0. The van der Waals surface area contributed by atoms with Gasteiger partial charge in [-0.05, 0) is 44.0 Å². The van der Waals surface area contributed by atoms with E-state index < -0.39 is 11.6 Å². The summed E-state index contributed by atoms with van der Waals surface area (Å²) >= 11 is 0. The fourth-order valence-electron chi connectivity index (χ4n) is 2.16. The quantitative estimate of drug-likeness (QED) is 0.840. The van der Waals surface area contributed by atoms with Gasteiger partial charge < -0.3 is 5.32 Å². The van der Waals surface area contributed by atoms with Crippen molar-refractivity contribution in [1.82, 2.24) is 0 Å². The molecule has 19 heavy (non-hydrogen) atoms. The predicted molar refractivity (Wildman–Crippen MR) is 74.3 cm³/mol. The van der Waals surface area contributed by atoms with E-state index in [0.29, 0.717) is 0 Å². The van der Waals surface area contributed by atoms with Crippen molar-refractivity contribution in [3.63, 3.8) is 0 Å². The number of benzene rings is 2. The molecule has 0 amide bonds. The van der Waals surface area contributed by atoms with Crippen LogP contribution in [0.3, 0.4) is 0 Å². The molecular formula is C16H17F2N. The second-order valence-electron chi connectivity index (χ2n) is 4.82. The number of anilines is 1. The molecule has 2 aromatic carbocycles. The van der Waals surface area contributed by atoms with Crippen LogP contribution in [0.25, 0.3) is 0 Å². The zero-order valence-electron chi connectivity index (χ0n) is 11.3. The molecule has 2 rings (SSSR count). The minimum atomic E-state index is -0.572. The molecule has 0 spiro atoms. The molecule has 3 heteroatoms. The molecule has 0 fully saturated rings. The first kappa shape index (κ1) is 13.5. The van der Waals surface area contributed by atoms with Gasteiger partial charge in [0.1, 0.15) is 17.3 Å². The summed E-state index contributed by atoms with van der Waals surface area (Å²) in [6, 6.07) is 9.77. The van der Waals surface area contributed by atoms with E-state index >= 15 is 0 Å². The number of hydrogen-bond acceptors (Lipinski definition) is 1. The lowest BCUT2D eigenvalue weighted by Crippen LogP contribution is -2.11. The standard InChI is InChI=1S/C16H17F2N/c1-10-7-8-11(2)13(9-10)12(3)19-16-14(17)5-4-6-15(16)18/h4-9,12,19H,1-3H3. The number of halogens is 2. The molecule has 0 heterocycles. The summed E-state index contributed by atoms with van der Waals surface area (Å²) in [4.78, 5) is 0. The minimum Gasteiger partial charge on any atom is -0.374 e. The van der Waals surface area contributed by atoms with E-state index in [-0.39, 0.29) is 11.7 Å². The molecule has 0 bridgehead atoms. The Hall–Kier alpha value is -1.90. The fourth-order valence-corrected chi connectivity index (χ4v) is 2.16. The monoisotopic (exact) mass is 261 g/mol. The Balaban J connectivity index is 2.31. The molecular weight excluding hydrogens is 244 g/mol. The van der Waals surface area contributed by atoms with E-state index in [1.54, 1.807) is 0 Å². The minimum absolute atomic E-state index is 0.0732. The molecule has 0 saturated heterocycles. The zero-order valence-corrected chi connectivity index (χ0v) is 11.3. The van der Waals surface area contributed by atoms with E-state index in [2.05, 4.69) is 5.32 Å². The summed E-state index contributed by atoms with van der Waals surface area (Å²) in [5.74, 6) is -1.14. The van der Waals surface area contributed by atoms with Crippen LogP contribution in [0, 0.1) is 25.5 Å². The van der Waals surface area contributed by atoms with Crippen LogP contribution >= 0.6 is 0 Å². The highest BCUT2D eigenvalue weighted by atomic mass is 19.1. The Morgan fingerprint density at radius 1 is 1.00 bits per heavy atom. The Morgan fingerprint density at radius 2 is 1.63 bits per heavy atom. The Bertz CT molecular complexity index is 573. The van der Waals surface area contributed by atoms with Gasteiger partial charge in [0.15, 0.2) is 0 Å². The molecule has 1 unspecified atom stereocenters. The van der Waals surface area contributed by atoms with Gasteiger partial charge in [0.05, 0.1) is 0 Å². The number of aryl methyl sites for hydroxylation is 2. The molecule has 1 N–H and O–H groups in total. The molecule has 100 valence electrons. The van der Waals surface area contributed by atoms with Gasteiger partial charge in [0.25, 0.3) is 0 Å². The Kier molecular flexibility index (Phi) is 3.84. The molecule has 0 aromatic heterocycles. The molecule has 0 radical (unpaired) electrons. The second kappa shape index (κ2) is 5.39. The average molecular weight is 261 g/mol. The van der Waals surface area contributed by atoms with Crippen molar-refractivity contribution in [1.29, 1.82) is 0 Å². The molecule has 0 aliphatic rings. The SMILES string of the molecule is Cc1ccc(C)c(C(C)Nc2c(F)cccc2F)c1. The highest BCUT2D eigenvalue weighted by molar-refractivity contribution is 5.49. The normalized spacial score (nSPS) is 12.3. The van der Waals surface area contributed by atoms with Crippen molar-refractivity contribution in [2.24, 2.45) is 0 Å². The van der Waals surface area contributed by atoms with Crippen molar-refractivity contribution >= 4 is 5.69 Å². The molecule has 1 atom stereocenters. The molecule has 2 aromatic rings. The lowest BCUT2D eigenvalue weighted by Gasteiger charge is -2.19. The second-order valence-corrected chi connectivity index (χ2v) is 4.82. The van der Waals surface area contributed by atoms with Gasteiger partial charge in [-0.3, -0.25) is 0 Å². The van der Waals surface area contributed by atoms with Crippen LogP contribution in [0.5, 0.6) is 0 Å². The summed E-state index contributed by atoms with van der Waals surface area (Å²) in [5, 5.41) is 2.91. The van der Waals surface area contributed by atoms with Gasteiger partial charge >= 0.3 is 0 Å². The smallest absolute Gasteiger partial charge is 0.149 e. The molecule has 0 saturated carbocycles. The number of rotatable bonds is 3. The maximum atomic E-state index is 13.6. The van der Waals surface area contributed by atoms with Crippen molar-refractivity contribution in [3.05, 3.63) is 64.7 Å². The first-order valence-electron chi connectivity index (χ1n) is 6.26. The third-order valence-corrected chi connectivity index (χ3v) is 3.22. The largest absolute Gasteiger partial charge is 0.374 e. The molecule has 0 aliphatic heterocycles.